The van der Waals surface area contributed by atoms with E-state index < -0.39 is 16.9 Å². The van der Waals surface area contributed by atoms with Crippen LogP contribution in [0.25, 0.3) is 0 Å². The van der Waals surface area contributed by atoms with E-state index in [0.717, 1.165) is 11.3 Å². The van der Waals surface area contributed by atoms with Crippen molar-refractivity contribution in [3.05, 3.63) is 49.7 Å². The molecule has 25 heavy (non-hydrogen) atoms. The maximum atomic E-state index is 12.2. The highest BCUT2D eigenvalue weighted by molar-refractivity contribution is 7.14. The van der Waals surface area contributed by atoms with Crippen LogP contribution in [0.5, 0.6) is 11.5 Å². The summed E-state index contributed by atoms with van der Waals surface area (Å²) in [5.41, 5.74) is 0.376. The number of aliphatic hydroxyl groups excluding tert-OH is 1. The Bertz CT molecular complexity index is 789. The molecule has 0 saturated heterocycles. The quantitative estimate of drug-likeness (QED) is 0.575. The summed E-state index contributed by atoms with van der Waals surface area (Å²) >= 11 is 1.03. The van der Waals surface area contributed by atoms with Crippen molar-refractivity contribution in [2.24, 2.45) is 0 Å². The second-order valence-electron chi connectivity index (χ2n) is 5.14. The van der Waals surface area contributed by atoms with Crippen LogP contribution in [-0.4, -0.2) is 36.7 Å². The molecule has 0 fully saturated rings. The fraction of sp³-hybridized carbons (Fsp3) is 0.312. The van der Waals surface area contributed by atoms with E-state index in [9.17, 15) is 20.0 Å². The first kappa shape index (κ1) is 18.7. The first-order chi connectivity index (χ1) is 11.9. The molecule has 0 aliphatic rings. The minimum atomic E-state index is -1.02. The van der Waals surface area contributed by atoms with Crippen LogP contribution in [-0.2, 0) is 0 Å². The zero-order valence-electron chi connectivity index (χ0n) is 13.9. The summed E-state index contributed by atoms with van der Waals surface area (Å²) in [5, 5.41) is 23.8. The molecule has 8 nitrogen and oxygen atoms in total. The number of rotatable bonds is 7. The molecule has 0 spiro atoms. The Balaban J connectivity index is 2.09. The van der Waals surface area contributed by atoms with Gasteiger partial charge in [0.05, 0.1) is 28.9 Å². The molecule has 2 rings (SSSR count). The number of hydrogen-bond acceptors (Lipinski definition) is 7. The number of nitro groups is 1. The van der Waals surface area contributed by atoms with E-state index in [4.69, 9.17) is 9.47 Å². The van der Waals surface area contributed by atoms with Gasteiger partial charge >= 0.3 is 0 Å². The number of amides is 1. The predicted octanol–water partition coefficient (Wildman–Crippen LogP) is 2.45. The molecule has 0 radical (unpaired) electrons. The summed E-state index contributed by atoms with van der Waals surface area (Å²) in [6.45, 7) is 1.50. The van der Waals surface area contributed by atoms with E-state index in [1.165, 1.54) is 20.3 Å². The van der Waals surface area contributed by atoms with Crippen LogP contribution in [0.2, 0.25) is 0 Å². The number of aryl methyl sites for hydroxylation is 1. The molecule has 1 amide bonds. The minimum Gasteiger partial charge on any atom is -0.497 e. The monoisotopic (exact) mass is 366 g/mol. The Morgan fingerprint density at radius 3 is 2.64 bits per heavy atom. The van der Waals surface area contributed by atoms with Crippen molar-refractivity contribution in [2.45, 2.75) is 13.0 Å². The number of hydrogen-bond donors (Lipinski definition) is 2. The molecule has 1 aromatic carbocycles. The Morgan fingerprint density at radius 2 is 2.08 bits per heavy atom. The number of nitrogens with one attached hydrogen (secondary N) is 1. The van der Waals surface area contributed by atoms with Crippen LogP contribution in [0.1, 0.15) is 26.2 Å². The van der Waals surface area contributed by atoms with E-state index in [2.05, 4.69) is 5.32 Å². The molecule has 1 heterocycles. The maximum Gasteiger partial charge on any atom is 0.283 e. The van der Waals surface area contributed by atoms with Crippen LogP contribution >= 0.6 is 11.3 Å². The van der Waals surface area contributed by atoms with E-state index >= 15 is 0 Å². The second kappa shape index (κ2) is 7.95. The fourth-order valence-corrected chi connectivity index (χ4v) is 3.16. The minimum absolute atomic E-state index is 0.0763. The number of ether oxygens (including phenoxy) is 2. The van der Waals surface area contributed by atoms with Crippen LogP contribution < -0.4 is 14.8 Å². The zero-order valence-corrected chi connectivity index (χ0v) is 14.8. The summed E-state index contributed by atoms with van der Waals surface area (Å²) in [6.07, 6.45) is -1.02. The number of carbonyl (C=O) groups is 1. The van der Waals surface area contributed by atoms with Crippen LogP contribution in [0.3, 0.4) is 0 Å². The zero-order chi connectivity index (χ0) is 18.6. The molecular formula is C16H18N2O6S. The van der Waals surface area contributed by atoms with Crippen molar-refractivity contribution in [3.8, 4) is 11.5 Å². The fourth-order valence-electron chi connectivity index (χ4n) is 2.25. The highest BCUT2D eigenvalue weighted by Gasteiger charge is 2.21. The standard InChI is InChI=1S/C16H18N2O6S/c1-9-12(18(21)22)7-15(25-9)16(20)17-8-13(19)11-6-10(23-2)4-5-14(11)24-3/h4-7,13,19H,8H2,1-3H3,(H,17,20). The number of carbonyl (C=O) groups excluding carboxylic acids is 1. The van der Waals surface area contributed by atoms with E-state index in [1.54, 1.807) is 25.1 Å². The van der Waals surface area contributed by atoms with E-state index in [1.807, 2.05) is 0 Å². The molecular weight excluding hydrogens is 348 g/mol. The normalized spacial score (nSPS) is 11.7. The van der Waals surface area contributed by atoms with Gasteiger partial charge in [0.1, 0.15) is 17.6 Å². The van der Waals surface area contributed by atoms with Gasteiger partial charge in [0.25, 0.3) is 11.6 Å². The predicted molar refractivity (Wildman–Crippen MR) is 92.5 cm³/mol. The summed E-state index contributed by atoms with van der Waals surface area (Å²) in [4.78, 5) is 23.1. The van der Waals surface area contributed by atoms with Crippen molar-refractivity contribution in [3.63, 3.8) is 0 Å². The van der Waals surface area contributed by atoms with Crippen LogP contribution in [0.15, 0.2) is 24.3 Å². The number of nitrogens with zero attached hydrogens (tertiary/aromatic N) is 1. The van der Waals surface area contributed by atoms with Gasteiger partial charge in [0.15, 0.2) is 0 Å². The van der Waals surface area contributed by atoms with E-state index in [-0.39, 0.29) is 17.1 Å². The molecule has 1 atom stereocenters. The smallest absolute Gasteiger partial charge is 0.283 e. The Kier molecular flexibility index (Phi) is 5.94. The molecule has 1 unspecified atom stereocenters. The van der Waals surface area contributed by atoms with Crippen molar-refractivity contribution >= 4 is 22.9 Å². The maximum absolute atomic E-state index is 12.2. The molecule has 2 aromatic rings. The average Bonchev–Trinajstić information content (AvgIpc) is 3.00. The number of aliphatic hydroxyl groups is 1. The third kappa shape index (κ3) is 4.25. The summed E-state index contributed by atoms with van der Waals surface area (Å²) in [6, 6.07) is 6.20. The van der Waals surface area contributed by atoms with Crippen molar-refractivity contribution in [1.29, 1.82) is 0 Å². The van der Waals surface area contributed by atoms with Gasteiger partial charge in [-0.3, -0.25) is 14.9 Å². The van der Waals surface area contributed by atoms with Gasteiger partial charge in [-0.25, -0.2) is 0 Å². The van der Waals surface area contributed by atoms with Gasteiger partial charge in [-0.15, -0.1) is 11.3 Å². The molecule has 0 saturated carbocycles. The topological polar surface area (TPSA) is 111 Å². The van der Waals surface area contributed by atoms with Crippen molar-refractivity contribution in [2.75, 3.05) is 20.8 Å². The molecule has 134 valence electrons. The Labute approximate surface area is 148 Å². The largest absolute Gasteiger partial charge is 0.497 e. The third-order valence-corrected chi connectivity index (χ3v) is 4.60. The highest BCUT2D eigenvalue weighted by atomic mass is 32.1. The molecule has 2 N–H and O–H groups in total. The van der Waals surface area contributed by atoms with Gasteiger partial charge in [0.2, 0.25) is 0 Å². The van der Waals surface area contributed by atoms with Crippen LogP contribution in [0.4, 0.5) is 5.69 Å². The lowest BCUT2D eigenvalue weighted by molar-refractivity contribution is -0.385. The highest BCUT2D eigenvalue weighted by Crippen LogP contribution is 2.30. The SMILES string of the molecule is COc1ccc(OC)c(C(O)CNC(=O)c2cc([N+](=O)[O-])c(C)s2)c1. The van der Waals surface area contributed by atoms with Gasteiger partial charge in [-0.1, -0.05) is 0 Å². The molecule has 0 aliphatic carbocycles. The lowest BCUT2D eigenvalue weighted by Gasteiger charge is -2.16. The van der Waals surface area contributed by atoms with Gasteiger partial charge in [-0.2, -0.15) is 0 Å². The number of methoxy groups -OCH3 is 2. The van der Waals surface area contributed by atoms with Crippen molar-refractivity contribution < 1.29 is 24.3 Å². The Morgan fingerprint density at radius 1 is 1.36 bits per heavy atom. The molecule has 1 aromatic heterocycles. The lowest BCUT2D eigenvalue weighted by Crippen LogP contribution is -2.28. The molecule has 0 bridgehead atoms. The second-order valence-corrected chi connectivity index (χ2v) is 6.40. The van der Waals surface area contributed by atoms with Crippen molar-refractivity contribution in [1.82, 2.24) is 5.32 Å². The number of benzene rings is 1. The first-order valence-electron chi connectivity index (χ1n) is 7.30. The molecule has 0 aliphatic heterocycles. The van der Waals surface area contributed by atoms with Crippen LogP contribution in [0, 0.1) is 17.0 Å². The molecule has 9 heteroatoms. The third-order valence-electron chi connectivity index (χ3n) is 3.56. The van der Waals surface area contributed by atoms with E-state index in [0.29, 0.717) is 21.9 Å². The lowest BCUT2D eigenvalue weighted by atomic mass is 10.1. The van der Waals surface area contributed by atoms with Gasteiger partial charge in [-0.05, 0) is 25.1 Å². The Hall–Kier alpha value is -2.65. The summed E-state index contributed by atoms with van der Waals surface area (Å²) in [5.74, 6) is 0.526. The number of thiophene rings is 1. The van der Waals surface area contributed by atoms with Gasteiger partial charge < -0.3 is 19.9 Å². The van der Waals surface area contributed by atoms with Gasteiger partial charge in [0, 0.05) is 18.2 Å². The average molecular weight is 366 g/mol. The summed E-state index contributed by atoms with van der Waals surface area (Å²) in [7, 11) is 2.98. The summed E-state index contributed by atoms with van der Waals surface area (Å²) < 4.78 is 10.3. The first-order valence-corrected chi connectivity index (χ1v) is 8.12.